The highest BCUT2D eigenvalue weighted by atomic mass is 16.5. The minimum atomic E-state index is -0.280. The molecular weight excluding hydrogens is 396 g/mol. The molecule has 1 saturated heterocycles. The Balaban J connectivity index is 1.30. The van der Waals surface area contributed by atoms with Crippen LogP contribution >= 0.6 is 0 Å². The van der Waals surface area contributed by atoms with Crippen LogP contribution in [0.5, 0.6) is 0 Å². The van der Waals surface area contributed by atoms with Gasteiger partial charge in [0.25, 0.3) is 5.89 Å². The number of nitrogens with zero attached hydrogens (tertiary/aromatic N) is 4. The molecule has 0 spiro atoms. The molecule has 1 aliphatic heterocycles. The molecule has 3 heterocycles. The number of hydrogen-bond acceptors (Lipinski definition) is 7. The Morgan fingerprint density at radius 2 is 1.94 bits per heavy atom. The maximum atomic E-state index is 12.3. The highest BCUT2D eigenvalue weighted by Crippen LogP contribution is 2.22. The van der Waals surface area contributed by atoms with E-state index in [-0.39, 0.29) is 11.9 Å². The summed E-state index contributed by atoms with van der Waals surface area (Å²) in [6.07, 6.45) is 1.76. The third-order valence-electron chi connectivity index (χ3n) is 4.95. The molecule has 3 aromatic rings. The van der Waals surface area contributed by atoms with E-state index in [2.05, 4.69) is 30.7 Å². The summed E-state index contributed by atoms with van der Waals surface area (Å²) in [7, 11) is 0. The molecule has 9 nitrogen and oxygen atoms in total. The predicted octanol–water partition coefficient (Wildman–Crippen LogP) is 3.41. The van der Waals surface area contributed by atoms with E-state index in [0.29, 0.717) is 37.2 Å². The third-order valence-corrected chi connectivity index (χ3v) is 4.95. The molecule has 0 atom stereocenters. The summed E-state index contributed by atoms with van der Waals surface area (Å²) >= 11 is 0. The summed E-state index contributed by atoms with van der Waals surface area (Å²) < 4.78 is 10.7. The number of urea groups is 1. The van der Waals surface area contributed by atoms with E-state index in [1.807, 2.05) is 38.1 Å². The van der Waals surface area contributed by atoms with Crippen LogP contribution in [0.3, 0.4) is 0 Å². The van der Waals surface area contributed by atoms with Crippen molar-refractivity contribution in [1.82, 2.24) is 20.4 Å². The third kappa shape index (κ3) is 5.37. The van der Waals surface area contributed by atoms with Crippen molar-refractivity contribution in [2.24, 2.45) is 0 Å². The molecule has 2 N–H and O–H groups in total. The average Bonchev–Trinajstić information content (AvgIpc) is 3.30. The standard InChI is InChI=1S/C22H26N6O3/c1-15(2)20-26-21(31-27-20)17-3-5-18(6-4-17)25-22(29)24-14-16-7-8-23-19(13-16)28-9-11-30-12-10-28/h3-8,13,15H,9-12,14H2,1-2H3,(H2,24,25,29). The number of aromatic nitrogens is 3. The first-order valence-electron chi connectivity index (χ1n) is 10.3. The number of carbonyl (C=O) groups excluding carboxylic acids is 1. The molecule has 1 fully saturated rings. The second-order valence-electron chi connectivity index (χ2n) is 7.62. The Labute approximate surface area is 180 Å². The lowest BCUT2D eigenvalue weighted by molar-refractivity contribution is 0.122. The number of ether oxygens (including phenoxy) is 1. The van der Waals surface area contributed by atoms with Gasteiger partial charge in [-0.2, -0.15) is 4.98 Å². The number of benzene rings is 1. The maximum Gasteiger partial charge on any atom is 0.319 e. The van der Waals surface area contributed by atoms with Crippen LogP contribution in [-0.4, -0.2) is 47.5 Å². The van der Waals surface area contributed by atoms with E-state index in [1.54, 1.807) is 18.3 Å². The fraction of sp³-hybridized carbons (Fsp3) is 0.364. The fourth-order valence-electron chi connectivity index (χ4n) is 3.18. The quantitative estimate of drug-likeness (QED) is 0.627. The van der Waals surface area contributed by atoms with Crippen LogP contribution in [0.25, 0.3) is 11.5 Å². The highest BCUT2D eigenvalue weighted by molar-refractivity contribution is 5.89. The van der Waals surface area contributed by atoms with Crippen molar-refractivity contribution in [3.63, 3.8) is 0 Å². The molecule has 162 valence electrons. The molecule has 2 amide bonds. The Morgan fingerprint density at radius 1 is 1.16 bits per heavy atom. The average molecular weight is 422 g/mol. The molecule has 0 saturated carbocycles. The molecule has 1 aliphatic rings. The van der Waals surface area contributed by atoms with Gasteiger partial charge in [0.15, 0.2) is 5.82 Å². The number of carbonyl (C=O) groups is 1. The van der Waals surface area contributed by atoms with Crippen LogP contribution in [0.4, 0.5) is 16.3 Å². The Hall–Kier alpha value is -3.46. The van der Waals surface area contributed by atoms with Gasteiger partial charge in [-0.05, 0) is 42.0 Å². The molecule has 2 aromatic heterocycles. The van der Waals surface area contributed by atoms with Gasteiger partial charge in [-0.15, -0.1) is 0 Å². The zero-order valence-corrected chi connectivity index (χ0v) is 17.7. The fourth-order valence-corrected chi connectivity index (χ4v) is 3.18. The second-order valence-corrected chi connectivity index (χ2v) is 7.62. The first kappa shape index (κ1) is 20.8. The summed E-state index contributed by atoms with van der Waals surface area (Å²) in [4.78, 5) is 23.3. The van der Waals surface area contributed by atoms with E-state index < -0.39 is 0 Å². The number of morpholine rings is 1. The molecule has 0 aliphatic carbocycles. The van der Waals surface area contributed by atoms with Gasteiger partial charge in [0.05, 0.1) is 13.2 Å². The molecular formula is C22H26N6O3. The van der Waals surface area contributed by atoms with Crippen molar-refractivity contribution < 1.29 is 14.1 Å². The van der Waals surface area contributed by atoms with Crippen molar-refractivity contribution in [2.75, 3.05) is 36.5 Å². The molecule has 0 unspecified atom stereocenters. The van der Waals surface area contributed by atoms with E-state index in [0.717, 1.165) is 30.0 Å². The van der Waals surface area contributed by atoms with Gasteiger partial charge >= 0.3 is 6.03 Å². The summed E-state index contributed by atoms with van der Waals surface area (Å²) in [6.45, 7) is 7.48. The van der Waals surface area contributed by atoms with E-state index in [4.69, 9.17) is 9.26 Å². The lowest BCUT2D eigenvalue weighted by Gasteiger charge is -2.28. The van der Waals surface area contributed by atoms with Gasteiger partial charge in [0.2, 0.25) is 0 Å². The molecule has 31 heavy (non-hydrogen) atoms. The molecule has 0 radical (unpaired) electrons. The van der Waals surface area contributed by atoms with E-state index >= 15 is 0 Å². The molecule has 4 rings (SSSR count). The van der Waals surface area contributed by atoms with Crippen molar-refractivity contribution >= 4 is 17.5 Å². The van der Waals surface area contributed by atoms with Gasteiger partial charge < -0.3 is 24.8 Å². The first-order valence-corrected chi connectivity index (χ1v) is 10.3. The Morgan fingerprint density at radius 3 is 2.65 bits per heavy atom. The summed E-state index contributed by atoms with van der Waals surface area (Å²) in [5.41, 5.74) is 2.46. The summed E-state index contributed by atoms with van der Waals surface area (Å²) in [5.74, 6) is 2.24. The Kier molecular flexibility index (Phi) is 6.42. The van der Waals surface area contributed by atoms with Gasteiger partial charge in [0.1, 0.15) is 5.82 Å². The number of anilines is 2. The van der Waals surface area contributed by atoms with Crippen LogP contribution in [0, 0.1) is 0 Å². The second kappa shape index (κ2) is 9.57. The van der Waals surface area contributed by atoms with Crippen molar-refractivity contribution in [1.29, 1.82) is 0 Å². The number of nitrogens with one attached hydrogen (secondary N) is 2. The van der Waals surface area contributed by atoms with Crippen molar-refractivity contribution in [2.45, 2.75) is 26.3 Å². The first-order chi connectivity index (χ1) is 15.1. The predicted molar refractivity (Wildman–Crippen MR) is 117 cm³/mol. The number of pyridine rings is 1. The smallest absolute Gasteiger partial charge is 0.319 e. The topological polar surface area (TPSA) is 105 Å². The monoisotopic (exact) mass is 422 g/mol. The summed E-state index contributed by atoms with van der Waals surface area (Å²) in [6, 6.07) is 10.9. The van der Waals surface area contributed by atoms with Crippen LogP contribution in [-0.2, 0) is 11.3 Å². The minimum Gasteiger partial charge on any atom is -0.378 e. The van der Waals surface area contributed by atoms with Gasteiger partial charge in [0, 0.05) is 43.0 Å². The zero-order valence-electron chi connectivity index (χ0n) is 17.7. The van der Waals surface area contributed by atoms with Crippen molar-refractivity contribution in [3.05, 3.63) is 54.0 Å². The number of amides is 2. The largest absolute Gasteiger partial charge is 0.378 e. The van der Waals surface area contributed by atoms with Crippen LogP contribution in [0.2, 0.25) is 0 Å². The van der Waals surface area contributed by atoms with Crippen molar-refractivity contribution in [3.8, 4) is 11.5 Å². The lowest BCUT2D eigenvalue weighted by Crippen LogP contribution is -2.36. The van der Waals surface area contributed by atoms with Gasteiger partial charge in [-0.25, -0.2) is 9.78 Å². The number of hydrogen-bond donors (Lipinski definition) is 2. The minimum absolute atomic E-state index is 0.201. The molecule has 0 bridgehead atoms. The van der Waals surface area contributed by atoms with Crippen LogP contribution < -0.4 is 15.5 Å². The zero-order chi connectivity index (χ0) is 21.6. The maximum absolute atomic E-state index is 12.3. The normalized spacial score (nSPS) is 14.0. The van der Waals surface area contributed by atoms with Gasteiger partial charge in [-0.1, -0.05) is 19.0 Å². The highest BCUT2D eigenvalue weighted by Gasteiger charge is 2.13. The van der Waals surface area contributed by atoms with E-state index in [9.17, 15) is 4.79 Å². The number of rotatable bonds is 6. The Bertz CT molecular complexity index is 1010. The summed E-state index contributed by atoms with van der Waals surface area (Å²) in [5, 5.41) is 9.68. The molecule has 9 heteroatoms. The SMILES string of the molecule is CC(C)c1noc(-c2ccc(NC(=O)NCc3ccnc(N4CCOCC4)c3)cc2)n1. The lowest BCUT2D eigenvalue weighted by atomic mass is 10.2. The van der Waals surface area contributed by atoms with E-state index in [1.165, 1.54) is 0 Å². The molecule has 1 aromatic carbocycles. The van der Waals surface area contributed by atoms with Crippen LogP contribution in [0.1, 0.15) is 31.2 Å². The van der Waals surface area contributed by atoms with Crippen LogP contribution in [0.15, 0.2) is 47.1 Å². The van der Waals surface area contributed by atoms with Gasteiger partial charge in [-0.3, -0.25) is 0 Å².